The number of carbonyl (C=O) groups is 1. The summed E-state index contributed by atoms with van der Waals surface area (Å²) in [6.45, 7) is 7.91. The molecule has 0 aliphatic heterocycles. The summed E-state index contributed by atoms with van der Waals surface area (Å²) in [5.41, 5.74) is -0.529. The fourth-order valence-corrected chi connectivity index (χ4v) is 4.47. The molecule has 11 heteroatoms. The Hall–Kier alpha value is -1.67. The molecular formula is C17H26ClN2O7P. The van der Waals surface area contributed by atoms with Crippen LogP contribution in [0.25, 0.3) is 0 Å². The first kappa shape index (κ1) is 24.4. The van der Waals surface area contributed by atoms with E-state index in [1.165, 1.54) is 24.3 Å². The van der Waals surface area contributed by atoms with Crippen molar-refractivity contribution in [2.75, 3.05) is 13.2 Å². The van der Waals surface area contributed by atoms with Crippen LogP contribution in [-0.2, 0) is 18.3 Å². The van der Waals surface area contributed by atoms with Gasteiger partial charge in [-0.15, -0.1) is 0 Å². The van der Waals surface area contributed by atoms with Gasteiger partial charge >= 0.3 is 19.5 Å². The Balaban J connectivity index is 3.43. The van der Waals surface area contributed by atoms with Gasteiger partial charge in [-0.05, 0) is 52.3 Å². The zero-order chi connectivity index (χ0) is 21.5. The lowest BCUT2D eigenvalue weighted by atomic mass is 10.1. The van der Waals surface area contributed by atoms with E-state index in [1.807, 2.05) is 0 Å². The maximum atomic E-state index is 13.2. The van der Waals surface area contributed by atoms with Crippen LogP contribution in [0.1, 0.15) is 46.2 Å². The standard InChI is InChI=1S/C17H26ClN2O7P/c1-6-25-28(24,26-7-2)15(20(22)23)14(12-8-10-13(18)11-9-12)19-16(21)27-17(3,4)5/h8-11,14-15H,6-7H2,1-5H3,(H,19,21)/t14-,15-/m0/s1. The highest BCUT2D eigenvalue weighted by Crippen LogP contribution is 2.57. The third-order valence-electron chi connectivity index (χ3n) is 3.36. The predicted molar refractivity (Wildman–Crippen MR) is 105 cm³/mol. The van der Waals surface area contributed by atoms with Crippen LogP contribution in [0.4, 0.5) is 4.79 Å². The van der Waals surface area contributed by atoms with Crippen molar-refractivity contribution in [3.63, 3.8) is 0 Å². The van der Waals surface area contributed by atoms with Gasteiger partial charge in [-0.1, -0.05) is 23.7 Å². The molecule has 0 heterocycles. The van der Waals surface area contributed by atoms with Gasteiger partial charge in [0.15, 0.2) is 0 Å². The lowest BCUT2D eigenvalue weighted by Gasteiger charge is -2.28. The fraction of sp³-hybridized carbons (Fsp3) is 0.588. The summed E-state index contributed by atoms with van der Waals surface area (Å²) in [7, 11) is -4.23. The lowest BCUT2D eigenvalue weighted by molar-refractivity contribution is -0.506. The van der Waals surface area contributed by atoms with Crippen LogP contribution in [0, 0.1) is 10.1 Å². The summed E-state index contributed by atoms with van der Waals surface area (Å²) in [6, 6.07) is 4.64. The molecule has 1 N–H and O–H groups in total. The van der Waals surface area contributed by atoms with Crippen LogP contribution in [-0.4, -0.2) is 35.6 Å². The first-order valence-electron chi connectivity index (χ1n) is 8.70. The minimum atomic E-state index is -4.23. The number of halogens is 1. The van der Waals surface area contributed by atoms with Crippen LogP contribution in [0.2, 0.25) is 5.02 Å². The zero-order valence-electron chi connectivity index (χ0n) is 16.5. The number of amides is 1. The van der Waals surface area contributed by atoms with Crippen LogP contribution < -0.4 is 5.32 Å². The summed E-state index contributed by atoms with van der Waals surface area (Å²) in [4.78, 5) is 23.5. The molecule has 0 saturated carbocycles. The quantitative estimate of drug-likeness (QED) is 0.336. The molecule has 1 rings (SSSR count). The molecule has 158 valence electrons. The Morgan fingerprint density at radius 2 is 1.71 bits per heavy atom. The van der Waals surface area contributed by atoms with Crippen molar-refractivity contribution < 1.29 is 28.1 Å². The maximum absolute atomic E-state index is 13.2. The molecule has 0 aromatic heterocycles. The second kappa shape index (κ2) is 10.2. The van der Waals surface area contributed by atoms with Gasteiger partial charge in [-0.25, -0.2) is 4.79 Å². The number of nitrogens with one attached hydrogen (secondary N) is 1. The molecule has 0 saturated heterocycles. The number of nitro groups is 1. The second-order valence-electron chi connectivity index (χ2n) is 6.75. The van der Waals surface area contributed by atoms with Gasteiger partial charge in [0.05, 0.1) is 13.2 Å². The Labute approximate surface area is 169 Å². The number of carbonyl (C=O) groups excluding carboxylic acids is 1. The first-order valence-corrected chi connectivity index (χ1v) is 10.7. The molecule has 9 nitrogen and oxygen atoms in total. The van der Waals surface area contributed by atoms with Crippen molar-refractivity contribution in [1.29, 1.82) is 0 Å². The van der Waals surface area contributed by atoms with E-state index >= 15 is 0 Å². The highest BCUT2D eigenvalue weighted by Gasteiger charge is 2.52. The van der Waals surface area contributed by atoms with Gasteiger partial charge in [0.1, 0.15) is 11.6 Å². The molecular weight excluding hydrogens is 411 g/mol. The van der Waals surface area contributed by atoms with E-state index in [9.17, 15) is 19.5 Å². The molecule has 0 radical (unpaired) electrons. The first-order chi connectivity index (χ1) is 12.9. The minimum absolute atomic E-state index is 0.0681. The summed E-state index contributed by atoms with van der Waals surface area (Å²) in [5.74, 6) is -1.89. The highest BCUT2D eigenvalue weighted by atomic mass is 35.5. The van der Waals surface area contributed by atoms with E-state index in [2.05, 4.69) is 5.32 Å². The number of alkyl carbamates (subject to hydrolysis) is 1. The van der Waals surface area contributed by atoms with E-state index in [4.69, 9.17) is 25.4 Å². The second-order valence-corrected chi connectivity index (χ2v) is 9.31. The molecule has 2 atom stereocenters. The Bertz CT molecular complexity index is 711. The number of rotatable bonds is 9. The molecule has 1 aromatic carbocycles. The van der Waals surface area contributed by atoms with Crippen molar-refractivity contribution in [3.05, 3.63) is 45.0 Å². The monoisotopic (exact) mass is 436 g/mol. The van der Waals surface area contributed by atoms with Crippen LogP contribution in [0.5, 0.6) is 0 Å². The molecule has 0 aliphatic rings. The third kappa shape index (κ3) is 7.05. The Morgan fingerprint density at radius 1 is 1.21 bits per heavy atom. The molecule has 0 aliphatic carbocycles. The molecule has 0 unspecified atom stereocenters. The predicted octanol–water partition coefficient (Wildman–Crippen LogP) is 4.77. The topological polar surface area (TPSA) is 117 Å². The minimum Gasteiger partial charge on any atom is -0.444 e. The highest BCUT2D eigenvalue weighted by molar-refractivity contribution is 7.54. The normalized spacial score (nSPS) is 14.2. The third-order valence-corrected chi connectivity index (χ3v) is 5.98. The van der Waals surface area contributed by atoms with Gasteiger partial charge < -0.3 is 19.1 Å². The molecule has 1 aromatic rings. The number of hydrogen-bond acceptors (Lipinski definition) is 7. The van der Waals surface area contributed by atoms with E-state index in [0.717, 1.165) is 0 Å². The van der Waals surface area contributed by atoms with Gasteiger partial charge in [0.25, 0.3) is 0 Å². The van der Waals surface area contributed by atoms with Gasteiger partial charge in [-0.2, -0.15) is 0 Å². The maximum Gasteiger partial charge on any atom is 0.408 e. The number of hydrogen-bond donors (Lipinski definition) is 1. The summed E-state index contributed by atoms with van der Waals surface area (Å²) < 4.78 is 28.8. The molecule has 0 bridgehead atoms. The van der Waals surface area contributed by atoms with E-state index in [0.29, 0.717) is 10.6 Å². The Kier molecular flexibility index (Phi) is 8.88. The lowest BCUT2D eigenvalue weighted by Crippen LogP contribution is -2.43. The fourth-order valence-electron chi connectivity index (χ4n) is 2.40. The van der Waals surface area contributed by atoms with E-state index < -0.39 is 36.0 Å². The van der Waals surface area contributed by atoms with Crippen molar-refractivity contribution in [2.45, 2.75) is 52.0 Å². The summed E-state index contributed by atoms with van der Waals surface area (Å²) >= 11 is 5.89. The van der Waals surface area contributed by atoms with Gasteiger partial charge in [0, 0.05) is 9.95 Å². The summed E-state index contributed by atoms with van der Waals surface area (Å²) in [5, 5.41) is 14.7. The van der Waals surface area contributed by atoms with Crippen molar-refractivity contribution in [3.8, 4) is 0 Å². The average molecular weight is 437 g/mol. The van der Waals surface area contributed by atoms with Gasteiger partial charge in [-0.3, -0.25) is 14.7 Å². The zero-order valence-corrected chi connectivity index (χ0v) is 18.2. The average Bonchev–Trinajstić information content (AvgIpc) is 2.53. The van der Waals surface area contributed by atoms with Crippen molar-refractivity contribution in [2.24, 2.45) is 0 Å². The van der Waals surface area contributed by atoms with Crippen molar-refractivity contribution >= 4 is 25.3 Å². The van der Waals surface area contributed by atoms with Crippen LogP contribution >= 0.6 is 19.2 Å². The van der Waals surface area contributed by atoms with Gasteiger partial charge in [0.2, 0.25) is 0 Å². The summed E-state index contributed by atoms with van der Waals surface area (Å²) in [6.07, 6.45) is -0.904. The Morgan fingerprint density at radius 3 is 2.11 bits per heavy atom. The van der Waals surface area contributed by atoms with E-state index in [-0.39, 0.29) is 13.2 Å². The number of nitrogens with zero attached hydrogens (tertiary/aromatic N) is 1. The number of ether oxygens (including phenoxy) is 1. The number of benzene rings is 1. The molecule has 0 fully saturated rings. The molecule has 0 spiro atoms. The van der Waals surface area contributed by atoms with Crippen LogP contribution in [0.15, 0.2) is 24.3 Å². The SMILES string of the molecule is CCOP(=O)(OCC)[C@@H]([C@@H](NC(=O)OC(C)(C)C)c1ccc(Cl)cc1)[N+](=O)[O-]. The largest absolute Gasteiger partial charge is 0.444 e. The molecule has 28 heavy (non-hydrogen) atoms. The van der Waals surface area contributed by atoms with Crippen LogP contribution in [0.3, 0.4) is 0 Å². The van der Waals surface area contributed by atoms with E-state index in [1.54, 1.807) is 34.6 Å². The molecule has 1 amide bonds. The smallest absolute Gasteiger partial charge is 0.408 e. The van der Waals surface area contributed by atoms with Crippen molar-refractivity contribution in [1.82, 2.24) is 5.32 Å².